The second kappa shape index (κ2) is 11.1. The Hall–Kier alpha value is -7.54. The van der Waals surface area contributed by atoms with Gasteiger partial charge >= 0.3 is 0 Å². The van der Waals surface area contributed by atoms with Crippen LogP contribution in [-0.2, 0) is 0 Å². The number of para-hydroxylation sites is 4. The molecule has 5 nitrogen and oxygen atoms in total. The van der Waals surface area contributed by atoms with Gasteiger partial charge in [-0.3, -0.25) is 4.57 Å². The Labute approximate surface area is 334 Å². The number of furan rings is 1. The number of benzene rings is 8. The van der Waals surface area contributed by atoms with Crippen LogP contribution < -0.4 is 0 Å². The van der Waals surface area contributed by atoms with E-state index in [0.717, 1.165) is 70.6 Å². The van der Waals surface area contributed by atoms with Crippen molar-refractivity contribution in [3.05, 3.63) is 170 Å². The molecule has 13 aromatic rings. The second-order valence-corrected chi connectivity index (χ2v) is 16.3. The average Bonchev–Trinajstić information content (AvgIpc) is 4.00. The molecule has 0 fully saturated rings. The van der Waals surface area contributed by atoms with Crippen molar-refractivity contribution in [2.24, 2.45) is 0 Å². The molecule has 5 aromatic heterocycles. The summed E-state index contributed by atoms with van der Waals surface area (Å²) in [6, 6.07) is 61.2. The first-order chi connectivity index (χ1) is 28.8. The fourth-order valence-corrected chi connectivity index (χ4v) is 10.9. The lowest BCUT2D eigenvalue weighted by molar-refractivity contribution is 0.669. The molecule has 0 aliphatic carbocycles. The molecular weight excluding hydrogens is 729 g/mol. The summed E-state index contributed by atoms with van der Waals surface area (Å²) in [7, 11) is 0. The number of aromatic nitrogens is 4. The Bertz CT molecular complexity index is 3940. The minimum Gasteiger partial charge on any atom is -0.456 e. The van der Waals surface area contributed by atoms with Crippen LogP contribution in [0.1, 0.15) is 0 Å². The lowest BCUT2D eigenvalue weighted by atomic mass is 9.94. The summed E-state index contributed by atoms with van der Waals surface area (Å²) in [5.41, 5.74) is 14.4. The SMILES string of the molecule is c1ccc2c(c1)-c1ccccc1-n1c3cc4c5ccccc5n(-c5nc(-c6ccc7oc8ccccc8c7c6)c6c(n5)sc5ccccc56)c4cc3c3cccc-2c31. The van der Waals surface area contributed by atoms with Crippen LogP contribution in [0.3, 0.4) is 0 Å². The van der Waals surface area contributed by atoms with E-state index in [2.05, 4.69) is 167 Å². The van der Waals surface area contributed by atoms with Crippen LogP contribution in [0, 0.1) is 0 Å². The molecule has 0 saturated carbocycles. The summed E-state index contributed by atoms with van der Waals surface area (Å²) < 4.78 is 12.2. The third kappa shape index (κ3) is 3.94. The Morgan fingerprint density at radius 2 is 1.09 bits per heavy atom. The van der Waals surface area contributed by atoms with Gasteiger partial charge in [-0.15, -0.1) is 11.3 Å². The molecule has 0 amide bonds. The van der Waals surface area contributed by atoms with Gasteiger partial charge in [0.25, 0.3) is 0 Å². The highest BCUT2D eigenvalue weighted by molar-refractivity contribution is 7.25. The molecule has 0 spiro atoms. The van der Waals surface area contributed by atoms with Crippen molar-refractivity contribution >= 4 is 97.2 Å². The lowest BCUT2D eigenvalue weighted by Crippen LogP contribution is -2.02. The van der Waals surface area contributed by atoms with Crippen molar-refractivity contribution in [1.82, 2.24) is 19.1 Å². The molecule has 0 bridgehead atoms. The number of hydrogen-bond donors (Lipinski definition) is 0. The molecule has 0 radical (unpaired) electrons. The van der Waals surface area contributed by atoms with Gasteiger partial charge in [0.05, 0.1) is 33.4 Å². The minimum atomic E-state index is 0.654. The topological polar surface area (TPSA) is 48.8 Å². The quantitative estimate of drug-likeness (QED) is 0.176. The minimum absolute atomic E-state index is 0.654. The standard InChI is InChI=1S/C52H28N4OS/c1-2-13-31-30(12-1)32-14-3-7-20-41(32)55-43-27-38-33-15-4-8-21-42(33)56(44(38)28-39(43)36-19-11-18-35(31)50(36)55)52-53-49(48-37-17-6-10-23-47(37)58-51(48)54-52)29-24-25-46-40(26-29)34-16-5-9-22-45(34)57-46/h1-28H. The van der Waals surface area contributed by atoms with Crippen molar-refractivity contribution in [1.29, 1.82) is 0 Å². The van der Waals surface area contributed by atoms with E-state index in [1.54, 1.807) is 11.3 Å². The van der Waals surface area contributed by atoms with Crippen molar-refractivity contribution in [2.45, 2.75) is 0 Å². The summed E-state index contributed by atoms with van der Waals surface area (Å²) in [4.78, 5) is 12.0. The lowest BCUT2D eigenvalue weighted by Gasteiger charge is -2.12. The first kappa shape index (κ1) is 30.7. The van der Waals surface area contributed by atoms with E-state index in [4.69, 9.17) is 14.4 Å². The third-order valence-corrected chi connectivity index (χ3v) is 13.4. The molecule has 0 saturated heterocycles. The van der Waals surface area contributed by atoms with Gasteiger partial charge in [-0.1, -0.05) is 115 Å². The second-order valence-electron chi connectivity index (χ2n) is 15.3. The summed E-state index contributed by atoms with van der Waals surface area (Å²) >= 11 is 1.72. The maximum Gasteiger partial charge on any atom is 0.236 e. The molecule has 14 rings (SSSR count). The van der Waals surface area contributed by atoms with Crippen LogP contribution >= 0.6 is 11.3 Å². The van der Waals surface area contributed by atoms with E-state index in [1.165, 1.54) is 54.4 Å². The zero-order valence-electron chi connectivity index (χ0n) is 30.8. The highest BCUT2D eigenvalue weighted by atomic mass is 32.1. The maximum atomic E-state index is 6.26. The smallest absolute Gasteiger partial charge is 0.236 e. The highest BCUT2D eigenvalue weighted by Gasteiger charge is 2.26. The monoisotopic (exact) mass is 756 g/mol. The van der Waals surface area contributed by atoms with E-state index in [1.807, 2.05) is 12.1 Å². The molecule has 1 aliphatic heterocycles. The zero-order valence-corrected chi connectivity index (χ0v) is 31.6. The molecular formula is C52H28N4OS. The normalized spacial score (nSPS) is 12.5. The van der Waals surface area contributed by atoms with Gasteiger partial charge in [-0.25, -0.2) is 9.97 Å². The van der Waals surface area contributed by atoms with Gasteiger partial charge in [-0.2, -0.15) is 0 Å². The highest BCUT2D eigenvalue weighted by Crippen LogP contribution is 2.48. The van der Waals surface area contributed by atoms with Gasteiger partial charge in [0.2, 0.25) is 5.95 Å². The summed E-state index contributed by atoms with van der Waals surface area (Å²) in [6.07, 6.45) is 0. The predicted molar refractivity (Wildman–Crippen MR) is 241 cm³/mol. The Morgan fingerprint density at radius 1 is 0.431 bits per heavy atom. The first-order valence-corrected chi connectivity index (χ1v) is 20.4. The van der Waals surface area contributed by atoms with Gasteiger partial charge < -0.3 is 8.98 Å². The van der Waals surface area contributed by atoms with Gasteiger partial charge in [0, 0.05) is 64.5 Å². The van der Waals surface area contributed by atoms with Crippen LogP contribution in [0.15, 0.2) is 174 Å². The summed E-state index contributed by atoms with van der Waals surface area (Å²) in [6.45, 7) is 0. The Balaban J connectivity index is 1.10. The predicted octanol–water partition coefficient (Wildman–Crippen LogP) is 14.3. The van der Waals surface area contributed by atoms with Crippen LogP contribution in [-0.4, -0.2) is 19.1 Å². The van der Waals surface area contributed by atoms with Crippen molar-refractivity contribution in [2.75, 3.05) is 0 Å². The largest absolute Gasteiger partial charge is 0.456 e. The van der Waals surface area contributed by atoms with E-state index >= 15 is 0 Å². The number of fused-ring (bicyclic) bond motifs is 17. The maximum absolute atomic E-state index is 6.26. The van der Waals surface area contributed by atoms with Gasteiger partial charge in [0.15, 0.2) is 0 Å². The van der Waals surface area contributed by atoms with Crippen LogP contribution in [0.2, 0.25) is 0 Å². The molecule has 1 aliphatic rings. The van der Waals surface area contributed by atoms with E-state index in [9.17, 15) is 0 Å². The average molecular weight is 757 g/mol. The first-order valence-electron chi connectivity index (χ1n) is 19.6. The van der Waals surface area contributed by atoms with Crippen LogP contribution in [0.5, 0.6) is 0 Å². The molecule has 8 aromatic carbocycles. The molecule has 6 heterocycles. The van der Waals surface area contributed by atoms with E-state index in [-0.39, 0.29) is 0 Å². The van der Waals surface area contributed by atoms with Crippen molar-refractivity contribution in [3.8, 4) is 45.1 Å². The van der Waals surface area contributed by atoms with E-state index in [0.29, 0.717) is 5.95 Å². The molecule has 6 heteroatoms. The summed E-state index contributed by atoms with van der Waals surface area (Å²) in [5, 5.41) is 9.16. The molecule has 0 unspecified atom stereocenters. The number of thiophene rings is 1. The molecule has 0 atom stereocenters. The van der Waals surface area contributed by atoms with E-state index < -0.39 is 0 Å². The number of hydrogen-bond acceptors (Lipinski definition) is 4. The van der Waals surface area contributed by atoms with Crippen LogP contribution in [0.25, 0.3) is 131 Å². The third-order valence-electron chi connectivity index (χ3n) is 12.3. The Morgan fingerprint density at radius 3 is 1.98 bits per heavy atom. The zero-order chi connectivity index (χ0) is 37.6. The van der Waals surface area contributed by atoms with Crippen molar-refractivity contribution < 1.29 is 4.42 Å². The molecule has 0 N–H and O–H groups in total. The number of nitrogens with zero attached hydrogens (tertiary/aromatic N) is 4. The number of rotatable bonds is 2. The fraction of sp³-hybridized carbons (Fsp3) is 0. The van der Waals surface area contributed by atoms with Gasteiger partial charge in [0.1, 0.15) is 16.0 Å². The van der Waals surface area contributed by atoms with Crippen LogP contribution in [0.4, 0.5) is 0 Å². The van der Waals surface area contributed by atoms with Crippen molar-refractivity contribution in [3.63, 3.8) is 0 Å². The fourth-order valence-electron chi connectivity index (χ4n) is 9.85. The molecule has 58 heavy (non-hydrogen) atoms. The Kier molecular flexibility index (Phi) is 5.85. The summed E-state index contributed by atoms with van der Waals surface area (Å²) in [5.74, 6) is 0.654. The molecule has 268 valence electrons. The van der Waals surface area contributed by atoms with Gasteiger partial charge in [-0.05, 0) is 65.7 Å².